The van der Waals surface area contributed by atoms with Crippen LogP contribution in [0.4, 0.5) is 5.95 Å². The first kappa shape index (κ1) is 13.8. The van der Waals surface area contributed by atoms with Gasteiger partial charge >= 0.3 is 0 Å². The lowest BCUT2D eigenvalue weighted by atomic mass is 10.1. The van der Waals surface area contributed by atoms with Gasteiger partial charge in [0.15, 0.2) is 0 Å². The third-order valence-electron chi connectivity index (χ3n) is 3.51. The van der Waals surface area contributed by atoms with Crippen molar-refractivity contribution in [3.63, 3.8) is 0 Å². The number of aromatic nitrogens is 2. The molecule has 2 heterocycles. The SMILES string of the molecule is CCC(C)Nc1nccc(C(=O)N2CCCCC2)n1. The monoisotopic (exact) mass is 262 g/mol. The van der Waals surface area contributed by atoms with Crippen LogP contribution in [-0.4, -0.2) is 39.9 Å². The van der Waals surface area contributed by atoms with E-state index in [1.165, 1.54) is 6.42 Å². The van der Waals surface area contributed by atoms with E-state index in [1.54, 1.807) is 12.3 Å². The van der Waals surface area contributed by atoms with Crippen molar-refractivity contribution in [3.05, 3.63) is 18.0 Å². The van der Waals surface area contributed by atoms with Crippen molar-refractivity contribution in [2.45, 2.75) is 45.6 Å². The van der Waals surface area contributed by atoms with Gasteiger partial charge in [0.2, 0.25) is 5.95 Å². The third-order valence-corrected chi connectivity index (χ3v) is 3.51. The van der Waals surface area contributed by atoms with Crippen LogP contribution < -0.4 is 5.32 Å². The summed E-state index contributed by atoms with van der Waals surface area (Å²) in [5.41, 5.74) is 0.489. The van der Waals surface area contributed by atoms with Crippen LogP contribution >= 0.6 is 0 Å². The van der Waals surface area contributed by atoms with E-state index < -0.39 is 0 Å². The summed E-state index contributed by atoms with van der Waals surface area (Å²) in [6.45, 7) is 5.86. The van der Waals surface area contributed by atoms with Crippen LogP contribution in [0, 0.1) is 0 Å². The quantitative estimate of drug-likeness (QED) is 0.904. The third kappa shape index (κ3) is 3.66. The predicted molar refractivity (Wildman–Crippen MR) is 75.2 cm³/mol. The molecule has 0 saturated carbocycles. The van der Waals surface area contributed by atoms with Crippen LogP contribution in [0.3, 0.4) is 0 Å². The van der Waals surface area contributed by atoms with E-state index in [-0.39, 0.29) is 5.91 Å². The molecule has 0 bridgehead atoms. The largest absolute Gasteiger partial charge is 0.352 e. The van der Waals surface area contributed by atoms with E-state index in [0.29, 0.717) is 17.7 Å². The van der Waals surface area contributed by atoms with Crippen molar-refractivity contribution in [2.24, 2.45) is 0 Å². The lowest BCUT2D eigenvalue weighted by molar-refractivity contribution is 0.0718. The number of likely N-dealkylation sites (tertiary alicyclic amines) is 1. The number of amides is 1. The van der Waals surface area contributed by atoms with E-state index >= 15 is 0 Å². The van der Waals surface area contributed by atoms with Crippen LogP contribution in [0.1, 0.15) is 50.0 Å². The molecule has 1 unspecified atom stereocenters. The van der Waals surface area contributed by atoms with E-state index in [4.69, 9.17) is 0 Å². The predicted octanol–water partition coefficient (Wildman–Crippen LogP) is 2.31. The number of hydrogen-bond acceptors (Lipinski definition) is 4. The highest BCUT2D eigenvalue weighted by atomic mass is 16.2. The maximum absolute atomic E-state index is 12.3. The maximum atomic E-state index is 12.3. The summed E-state index contributed by atoms with van der Waals surface area (Å²) in [5, 5.41) is 3.20. The van der Waals surface area contributed by atoms with Gasteiger partial charge in [0.1, 0.15) is 5.69 Å². The Morgan fingerprint density at radius 3 is 2.84 bits per heavy atom. The van der Waals surface area contributed by atoms with Gasteiger partial charge in [0.05, 0.1) is 0 Å². The standard InChI is InChI=1S/C14H22N4O/c1-3-11(2)16-14-15-8-7-12(17-14)13(19)18-9-5-4-6-10-18/h7-8,11H,3-6,9-10H2,1-2H3,(H,15,16,17). The molecule has 1 atom stereocenters. The van der Waals surface area contributed by atoms with Gasteiger partial charge in [-0.15, -0.1) is 0 Å². The fraction of sp³-hybridized carbons (Fsp3) is 0.643. The van der Waals surface area contributed by atoms with Gasteiger partial charge in [0, 0.05) is 25.3 Å². The first-order valence-corrected chi connectivity index (χ1v) is 7.09. The molecule has 2 rings (SSSR count). The molecule has 1 fully saturated rings. The van der Waals surface area contributed by atoms with E-state index in [1.807, 2.05) is 4.90 Å². The van der Waals surface area contributed by atoms with Gasteiger partial charge in [-0.05, 0) is 38.7 Å². The van der Waals surface area contributed by atoms with E-state index in [9.17, 15) is 4.79 Å². The van der Waals surface area contributed by atoms with Crippen LogP contribution in [0.25, 0.3) is 0 Å². The summed E-state index contributed by atoms with van der Waals surface area (Å²) in [6, 6.07) is 2.00. The minimum atomic E-state index is 0.0225. The molecule has 0 spiro atoms. The second kappa shape index (κ2) is 6.50. The van der Waals surface area contributed by atoms with Crippen LogP contribution in [-0.2, 0) is 0 Å². The van der Waals surface area contributed by atoms with Gasteiger partial charge in [-0.1, -0.05) is 6.92 Å². The maximum Gasteiger partial charge on any atom is 0.272 e. The van der Waals surface area contributed by atoms with Gasteiger partial charge in [0.25, 0.3) is 5.91 Å². The molecule has 1 aromatic rings. The van der Waals surface area contributed by atoms with Crippen molar-refractivity contribution in [1.82, 2.24) is 14.9 Å². The molecule has 0 aromatic carbocycles. The molecule has 1 N–H and O–H groups in total. The van der Waals surface area contributed by atoms with Crippen molar-refractivity contribution < 1.29 is 4.79 Å². The lowest BCUT2D eigenvalue weighted by Crippen LogP contribution is -2.36. The summed E-state index contributed by atoms with van der Waals surface area (Å²) in [5.74, 6) is 0.562. The number of nitrogens with zero attached hydrogens (tertiary/aromatic N) is 3. The summed E-state index contributed by atoms with van der Waals surface area (Å²) in [7, 11) is 0. The molecule has 1 saturated heterocycles. The van der Waals surface area contributed by atoms with E-state index in [2.05, 4.69) is 29.1 Å². The zero-order chi connectivity index (χ0) is 13.7. The summed E-state index contributed by atoms with van der Waals surface area (Å²) < 4.78 is 0. The van der Waals surface area contributed by atoms with Crippen LogP contribution in [0.15, 0.2) is 12.3 Å². The summed E-state index contributed by atoms with van der Waals surface area (Å²) in [4.78, 5) is 22.7. The molecule has 1 aromatic heterocycles. The molecule has 5 nitrogen and oxygen atoms in total. The highest BCUT2D eigenvalue weighted by molar-refractivity contribution is 5.92. The molecule has 0 radical (unpaired) electrons. The minimum Gasteiger partial charge on any atom is -0.352 e. The highest BCUT2D eigenvalue weighted by Gasteiger charge is 2.19. The number of piperidine rings is 1. The molecule has 1 aliphatic heterocycles. The second-order valence-corrected chi connectivity index (χ2v) is 5.07. The Kier molecular flexibility index (Phi) is 4.71. The summed E-state index contributed by atoms with van der Waals surface area (Å²) >= 11 is 0. The topological polar surface area (TPSA) is 58.1 Å². The van der Waals surface area contributed by atoms with Gasteiger partial charge in [-0.25, -0.2) is 9.97 Å². The Morgan fingerprint density at radius 1 is 1.42 bits per heavy atom. The highest BCUT2D eigenvalue weighted by Crippen LogP contribution is 2.13. The molecule has 104 valence electrons. The minimum absolute atomic E-state index is 0.0225. The molecular weight excluding hydrogens is 240 g/mol. The number of hydrogen-bond donors (Lipinski definition) is 1. The summed E-state index contributed by atoms with van der Waals surface area (Å²) in [6.07, 6.45) is 6.04. The first-order chi connectivity index (χ1) is 9.20. The second-order valence-electron chi connectivity index (χ2n) is 5.07. The molecule has 1 aliphatic rings. The van der Waals surface area contributed by atoms with Gasteiger partial charge in [-0.2, -0.15) is 0 Å². The van der Waals surface area contributed by atoms with Crippen molar-refractivity contribution >= 4 is 11.9 Å². The Balaban J connectivity index is 2.06. The van der Waals surface area contributed by atoms with Crippen LogP contribution in [0.5, 0.6) is 0 Å². The number of carbonyl (C=O) groups is 1. The van der Waals surface area contributed by atoms with Gasteiger partial charge < -0.3 is 10.2 Å². The van der Waals surface area contributed by atoms with Gasteiger partial charge in [-0.3, -0.25) is 4.79 Å². The molecule has 5 heteroatoms. The van der Waals surface area contributed by atoms with E-state index in [0.717, 1.165) is 32.4 Å². The Hall–Kier alpha value is -1.65. The number of carbonyl (C=O) groups excluding carboxylic acids is 1. The number of nitrogens with one attached hydrogen (secondary N) is 1. The number of rotatable bonds is 4. The fourth-order valence-corrected chi connectivity index (χ4v) is 2.13. The normalized spacial score (nSPS) is 17.1. The molecular formula is C14H22N4O. The molecule has 19 heavy (non-hydrogen) atoms. The average Bonchev–Trinajstić information content (AvgIpc) is 2.47. The zero-order valence-electron chi connectivity index (χ0n) is 11.7. The smallest absolute Gasteiger partial charge is 0.272 e. The Morgan fingerprint density at radius 2 is 2.16 bits per heavy atom. The lowest BCUT2D eigenvalue weighted by Gasteiger charge is -2.26. The van der Waals surface area contributed by atoms with Crippen LogP contribution in [0.2, 0.25) is 0 Å². The fourth-order valence-electron chi connectivity index (χ4n) is 2.13. The van der Waals surface area contributed by atoms with Crippen molar-refractivity contribution in [2.75, 3.05) is 18.4 Å². The Bertz CT molecular complexity index is 429. The zero-order valence-corrected chi connectivity index (χ0v) is 11.7. The van der Waals surface area contributed by atoms with Crippen molar-refractivity contribution in [3.8, 4) is 0 Å². The average molecular weight is 262 g/mol. The number of anilines is 1. The molecule has 0 aliphatic carbocycles. The van der Waals surface area contributed by atoms with Crippen molar-refractivity contribution in [1.29, 1.82) is 0 Å². The Labute approximate surface area is 114 Å². The molecule has 1 amide bonds. The first-order valence-electron chi connectivity index (χ1n) is 7.09.